The van der Waals surface area contributed by atoms with Crippen LogP contribution in [0.4, 0.5) is 0 Å². The Balaban J connectivity index is 2.57. The number of ether oxygens (including phenoxy) is 1. The third-order valence-electron chi connectivity index (χ3n) is 2.65. The molecule has 1 aliphatic heterocycles. The first-order chi connectivity index (χ1) is 4.08. The van der Waals surface area contributed by atoms with Gasteiger partial charge in [0.25, 0.3) is 0 Å². The zero-order valence-electron chi connectivity index (χ0n) is 6.82. The van der Waals surface area contributed by atoms with Gasteiger partial charge in [-0.2, -0.15) is 0 Å². The average molecular weight is 128 g/mol. The van der Waals surface area contributed by atoms with Crippen molar-refractivity contribution in [2.45, 2.75) is 51.7 Å². The Hall–Kier alpha value is -0.0400. The van der Waals surface area contributed by atoms with Gasteiger partial charge in [-0.3, -0.25) is 0 Å². The molecule has 0 aromatic heterocycles. The van der Waals surface area contributed by atoms with Gasteiger partial charge in [-0.1, -0.05) is 13.8 Å². The molecule has 0 spiro atoms. The van der Waals surface area contributed by atoms with Gasteiger partial charge >= 0.3 is 0 Å². The van der Waals surface area contributed by atoms with Crippen molar-refractivity contribution in [1.82, 2.24) is 0 Å². The summed E-state index contributed by atoms with van der Waals surface area (Å²) in [5.41, 5.74) is 0.392. The molecule has 1 rings (SSSR count). The van der Waals surface area contributed by atoms with Crippen LogP contribution in [0.3, 0.4) is 0 Å². The zero-order valence-corrected chi connectivity index (χ0v) is 6.82. The van der Waals surface area contributed by atoms with Crippen molar-refractivity contribution >= 4 is 0 Å². The van der Waals surface area contributed by atoms with E-state index in [0.717, 1.165) is 12.8 Å². The van der Waals surface area contributed by atoms with Crippen LogP contribution in [-0.4, -0.2) is 11.2 Å². The Morgan fingerprint density at radius 3 is 1.44 bits per heavy atom. The largest absolute Gasteiger partial charge is 0.363 e. The SMILES string of the molecule is CCC1(CC)OC1(C)C. The highest BCUT2D eigenvalue weighted by Crippen LogP contribution is 2.51. The van der Waals surface area contributed by atoms with E-state index in [1.54, 1.807) is 0 Å². The lowest BCUT2D eigenvalue weighted by Gasteiger charge is -2.07. The van der Waals surface area contributed by atoms with Crippen molar-refractivity contribution in [3.05, 3.63) is 0 Å². The van der Waals surface area contributed by atoms with Crippen LogP contribution in [0, 0.1) is 0 Å². The lowest BCUT2D eigenvalue weighted by atomic mass is 9.91. The minimum absolute atomic E-state index is 0.163. The van der Waals surface area contributed by atoms with E-state index >= 15 is 0 Å². The molecular weight excluding hydrogens is 112 g/mol. The normalized spacial score (nSPS) is 28.0. The third kappa shape index (κ3) is 0.787. The first-order valence-electron chi connectivity index (χ1n) is 3.78. The molecular formula is C8H16O. The van der Waals surface area contributed by atoms with E-state index in [2.05, 4.69) is 27.7 Å². The fourth-order valence-corrected chi connectivity index (χ4v) is 1.71. The molecule has 0 aromatic carbocycles. The van der Waals surface area contributed by atoms with Crippen LogP contribution in [-0.2, 0) is 4.74 Å². The van der Waals surface area contributed by atoms with Crippen molar-refractivity contribution in [2.75, 3.05) is 0 Å². The lowest BCUT2D eigenvalue weighted by Crippen LogP contribution is -2.17. The monoisotopic (exact) mass is 128 g/mol. The van der Waals surface area contributed by atoms with E-state index in [9.17, 15) is 0 Å². The number of hydrogen-bond donors (Lipinski definition) is 0. The first-order valence-corrected chi connectivity index (χ1v) is 3.78. The summed E-state index contributed by atoms with van der Waals surface area (Å²) < 4.78 is 5.59. The maximum atomic E-state index is 5.59. The van der Waals surface area contributed by atoms with Gasteiger partial charge in [-0.25, -0.2) is 0 Å². The summed E-state index contributed by atoms with van der Waals surface area (Å²) >= 11 is 0. The van der Waals surface area contributed by atoms with Gasteiger partial charge in [-0.15, -0.1) is 0 Å². The van der Waals surface area contributed by atoms with Gasteiger partial charge in [0.2, 0.25) is 0 Å². The Bertz CT molecular complexity index is 112. The summed E-state index contributed by atoms with van der Waals surface area (Å²) in [6.07, 6.45) is 2.30. The lowest BCUT2D eigenvalue weighted by molar-refractivity contribution is 0.265. The fourth-order valence-electron chi connectivity index (χ4n) is 1.71. The third-order valence-corrected chi connectivity index (χ3v) is 2.65. The fraction of sp³-hybridized carbons (Fsp3) is 1.00. The number of epoxide rings is 1. The topological polar surface area (TPSA) is 12.5 Å². The van der Waals surface area contributed by atoms with E-state index < -0.39 is 0 Å². The average Bonchev–Trinajstić information content (AvgIpc) is 2.35. The summed E-state index contributed by atoms with van der Waals surface area (Å²) in [6, 6.07) is 0. The van der Waals surface area contributed by atoms with Crippen molar-refractivity contribution in [1.29, 1.82) is 0 Å². The smallest absolute Gasteiger partial charge is 0.0969 e. The summed E-state index contributed by atoms with van der Waals surface area (Å²) in [6.45, 7) is 8.72. The van der Waals surface area contributed by atoms with Crippen LogP contribution < -0.4 is 0 Å². The van der Waals surface area contributed by atoms with Crippen LogP contribution in [0.2, 0.25) is 0 Å². The molecule has 1 nitrogen and oxygen atoms in total. The van der Waals surface area contributed by atoms with Gasteiger partial charge in [0, 0.05) is 0 Å². The van der Waals surface area contributed by atoms with Gasteiger partial charge in [0.1, 0.15) is 0 Å². The number of hydrogen-bond acceptors (Lipinski definition) is 1. The van der Waals surface area contributed by atoms with E-state index in [0.29, 0.717) is 0 Å². The quantitative estimate of drug-likeness (QED) is 0.520. The van der Waals surface area contributed by atoms with E-state index in [4.69, 9.17) is 4.74 Å². The van der Waals surface area contributed by atoms with Crippen molar-refractivity contribution < 1.29 is 4.74 Å². The minimum Gasteiger partial charge on any atom is -0.363 e. The second-order valence-electron chi connectivity index (χ2n) is 3.31. The van der Waals surface area contributed by atoms with Gasteiger partial charge < -0.3 is 4.74 Å². The molecule has 1 saturated heterocycles. The highest BCUT2D eigenvalue weighted by atomic mass is 16.6. The molecule has 0 saturated carbocycles. The molecule has 0 radical (unpaired) electrons. The molecule has 0 atom stereocenters. The minimum atomic E-state index is 0.163. The van der Waals surface area contributed by atoms with Crippen molar-refractivity contribution in [3.8, 4) is 0 Å². The molecule has 0 aliphatic carbocycles. The molecule has 1 aliphatic rings. The molecule has 0 N–H and O–H groups in total. The zero-order chi connectivity index (χ0) is 7.12. The van der Waals surface area contributed by atoms with E-state index in [1.165, 1.54) is 0 Å². The molecule has 9 heavy (non-hydrogen) atoms. The van der Waals surface area contributed by atoms with Gasteiger partial charge in [-0.05, 0) is 26.7 Å². The summed E-state index contributed by atoms with van der Waals surface area (Å²) in [4.78, 5) is 0. The Labute approximate surface area is 57.4 Å². The van der Waals surface area contributed by atoms with Gasteiger partial charge in [0.05, 0.1) is 11.2 Å². The summed E-state index contributed by atoms with van der Waals surface area (Å²) in [5.74, 6) is 0. The summed E-state index contributed by atoms with van der Waals surface area (Å²) in [7, 11) is 0. The maximum Gasteiger partial charge on any atom is 0.0969 e. The Morgan fingerprint density at radius 1 is 1.11 bits per heavy atom. The molecule has 1 fully saturated rings. The predicted octanol–water partition coefficient (Wildman–Crippen LogP) is 2.35. The van der Waals surface area contributed by atoms with Gasteiger partial charge in [0.15, 0.2) is 0 Å². The van der Waals surface area contributed by atoms with Crippen molar-refractivity contribution in [2.24, 2.45) is 0 Å². The van der Waals surface area contributed by atoms with Crippen LogP contribution >= 0.6 is 0 Å². The second kappa shape index (κ2) is 1.72. The van der Waals surface area contributed by atoms with E-state index in [1.807, 2.05) is 0 Å². The molecule has 0 bridgehead atoms. The highest BCUT2D eigenvalue weighted by Gasteiger charge is 2.60. The molecule has 54 valence electrons. The molecule has 0 amide bonds. The molecule has 1 heterocycles. The maximum absolute atomic E-state index is 5.59. The predicted molar refractivity (Wildman–Crippen MR) is 38.5 cm³/mol. The van der Waals surface area contributed by atoms with Crippen LogP contribution in [0.15, 0.2) is 0 Å². The van der Waals surface area contributed by atoms with Crippen molar-refractivity contribution in [3.63, 3.8) is 0 Å². The first kappa shape index (κ1) is 7.07. The Morgan fingerprint density at radius 2 is 1.44 bits per heavy atom. The summed E-state index contributed by atoms with van der Waals surface area (Å²) in [5, 5.41) is 0. The van der Waals surface area contributed by atoms with E-state index in [-0.39, 0.29) is 11.2 Å². The Kier molecular flexibility index (Phi) is 1.35. The molecule has 0 unspecified atom stereocenters. The second-order valence-corrected chi connectivity index (χ2v) is 3.31. The van der Waals surface area contributed by atoms with Crippen LogP contribution in [0.25, 0.3) is 0 Å². The standard InChI is InChI=1S/C8H16O/c1-5-8(6-2)7(3,4)9-8/h5-6H2,1-4H3. The molecule has 1 heteroatoms. The number of rotatable bonds is 2. The highest BCUT2D eigenvalue weighted by molar-refractivity contribution is 5.08. The van der Waals surface area contributed by atoms with Crippen LogP contribution in [0.1, 0.15) is 40.5 Å². The van der Waals surface area contributed by atoms with Crippen LogP contribution in [0.5, 0.6) is 0 Å². The molecule has 0 aromatic rings.